The van der Waals surface area contributed by atoms with Gasteiger partial charge in [-0.05, 0) is 43.4 Å². The van der Waals surface area contributed by atoms with Crippen LogP contribution in [0.5, 0.6) is 5.75 Å². The molecular weight excluding hydrogens is 410 g/mol. The van der Waals surface area contributed by atoms with Gasteiger partial charge in [0.25, 0.3) is 0 Å². The summed E-state index contributed by atoms with van der Waals surface area (Å²) in [5, 5.41) is 31.9. The molecule has 0 saturated heterocycles. The number of likely N-dealkylation sites (N-methyl/N-ethyl adjacent to an activating group) is 1. The fourth-order valence-corrected chi connectivity index (χ4v) is 5.19. The molecule has 0 aliphatic carbocycles. The maximum absolute atomic E-state index is 10.1. The van der Waals surface area contributed by atoms with E-state index in [2.05, 4.69) is 46.2 Å². The first-order chi connectivity index (χ1) is 15.2. The molecule has 0 bridgehead atoms. The third-order valence-electron chi connectivity index (χ3n) is 5.73. The summed E-state index contributed by atoms with van der Waals surface area (Å²) in [6.07, 6.45) is 0. The summed E-state index contributed by atoms with van der Waals surface area (Å²) in [4.78, 5) is 4.69. The van der Waals surface area contributed by atoms with E-state index in [-0.39, 0.29) is 12.4 Å². The lowest BCUT2D eigenvalue weighted by Gasteiger charge is -2.19. The van der Waals surface area contributed by atoms with Crippen molar-refractivity contribution in [3.05, 3.63) is 30.3 Å². The van der Waals surface area contributed by atoms with Gasteiger partial charge >= 0.3 is 0 Å². The average molecular weight is 442 g/mol. The first-order valence-electron chi connectivity index (χ1n) is 11.0. The molecule has 31 heavy (non-hydrogen) atoms. The van der Waals surface area contributed by atoms with E-state index in [4.69, 9.17) is 10.2 Å². The van der Waals surface area contributed by atoms with Crippen LogP contribution in [-0.4, -0.2) is 70.8 Å². The van der Waals surface area contributed by atoms with Gasteiger partial charge < -0.3 is 25.7 Å². The summed E-state index contributed by atoms with van der Waals surface area (Å²) < 4.78 is 2.11. The Labute approximate surface area is 187 Å². The van der Waals surface area contributed by atoms with Crippen molar-refractivity contribution in [2.24, 2.45) is 0 Å². The molecule has 7 nitrogen and oxygen atoms in total. The maximum atomic E-state index is 10.1. The molecule has 1 aliphatic rings. The highest BCUT2D eigenvalue weighted by Gasteiger charge is 2.26. The molecule has 0 radical (unpaired) electrons. The summed E-state index contributed by atoms with van der Waals surface area (Å²) in [5.74, 6) is 0.262. The molecule has 2 aromatic carbocycles. The molecule has 3 aromatic rings. The third kappa shape index (κ3) is 4.52. The van der Waals surface area contributed by atoms with Crippen molar-refractivity contribution in [2.45, 2.75) is 30.2 Å². The largest absolute Gasteiger partial charge is 0.508 e. The Morgan fingerprint density at radius 3 is 2.71 bits per heavy atom. The van der Waals surface area contributed by atoms with E-state index in [9.17, 15) is 5.11 Å². The number of benzene rings is 2. The van der Waals surface area contributed by atoms with Crippen molar-refractivity contribution in [3.8, 4) is 17.0 Å². The van der Waals surface area contributed by atoms with E-state index in [0.717, 1.165) is 72.0 Å². The molecule has 4 rings (SSSR count). The third-order valence-corrected chi connectivity index (χ3v) is 6.93. The Kier molecular flexibility index (Phi) is 7.02. The van der Waals surface area contributed by atoms with Crippen LogP contribution in [0, 0.1) is 0 Å². The highest BCUT2D eigenvalue weighted by Crippen LogP contribution is 2.51. The number of phenolic OH excluding ortho intramolecular Hbond substituents is 1. The van der Waals surface area contributed by atoms with Crippen molar-refractivity contribution in [1.82, 2.24) is 20.0 Å². The number of nitrogens with one attached hydrogen (secondary N) is 2. The van der Waals surface area contributed by atoms with Crippen LogP contribution in [0.1, 0.15) is 13.8 Å². The fourth-order valence-electron chi connectivity index (χ4n) is 4.01. The van der Waals surface area contributed by atoms with Crippen molar-refractivity contribution in [1.29, 1.82) is 0 Å². The predicted octanol–water partition coefficient (Wildman–Crippen LogP) is 3.21. The zero-order valence-electron chi connectivity index (χ0n) is 18.2. The van der Waals surface area contributed by atoms with Crippen LogP contribution in [0.3, 0.4) is 0 Å². The molecular formula is C23H31N5O2S. The van der Waals surface area contributed by atoms with Crippen LogP contribution in [0.15, 0.2) is 40.1 Å². The van der Waals surface area contributed by atoms with Crippen molar-refractivity contribution < 1.29 is 10.2 Å². The monoisotopic (exact) mass is 441 g/mol. The molecule has 0 amide bonds. The number of hydrogen-bond donors (Lipinski definition) is 4. The highest BCUT2D eigenvalue weighted by molar-refractivity contribution is 8.00. The number of fused-ring (bicyclic) bond motifs is 2. The molecule has 0 unspecified atom stereocenters. The van der Waals surface area contributed by atoms with E-state index in [1.54, 1.807) is 17.8 Å². The molecule has 0 atom stereocenters. The summed E-state index contributed by atoms with van der Waals surface area (Å²) in [6.45, 7) is 10.5. The van der Waals surface area contributed by atoms with Crippen molar-refractivity contribution in [3.63, 3.8) is 0 Å². The van der Waals surface area contributed by atoms with Gasteiger partial charge in [0.2, 0.25) is 0 Å². The minimum Gasteiger partial charge on any atom is -0.508 e. The normalized spacial score (nSPS) is 12.5. The lowest BCUT2D eigenvalue weighted by molar-refractivity contribution is 0.287. The van der Waals surface area contributed by atoms with E-state index >= 15 is 0 Å². The molecule has 0 saturated carbocycles. The second-order valence-electron chi connectivity index (χ2n) is 7.62. The molecule has 2 heterocycles. The molecule has 1 aromatic heterocycles. The topological polar surface area (TPSA) is 85.6 Å². The molecule has 1 aliphatic heterocycles. The first kappa shape index (κ1) is 22.0. The van der Waals surface area contributed by atoms with E-state index in [1.807, 2.05) is 12.1 Å². The standard InChI is InChI=1S/C23H31N5O2S/c1-3-27(4-2)12-13-28-19-7-6-18(25-10-9-24-11-14-29)23-21(19)22(26-28)17-15-16(30)5-8-20(17)31-23/h5-8,15,24-25,29-30H,3-4,9-14H2,1-2H3. The van der Waals surface area contributed by atoms with Gasteiger partial charge in [-0.1, -0.05) is 25.6 Å². The van der Waals surface area contributed by atoms with Gasteiger partial charge in [0.05, 0.1) is 18.7 Å². The molecule has 0 fully saturated rings. The Morgan fingerprint density at radius 2 is 1.94 bits per heavy atom. The Bertz CT molecular complexity index is 1050. The Balaban J connectivity index is 1.71. The quantitative estimate of drug-likeness (QED) is 0.266. The average Bonchev–Trinajstić information content (AvgIpc) is 3.16. The van der Waals surface area contributed by atoms with Gasteiger partial charge in [-0.2, -0.15) is 5.10 Å². The van der Waals surface area contributed by atoms with Gasteiger partial charge in [-0.15, -0.1) is 0 Å². The second-order valence-corrected chi connectivity index (χ2v) is 8.67. The minimum absolute atomic E-state index is 0.146. The number of aliphatic hydroxyl groups is 1. The van der Waals surface area contributed by atoms with E-state index in [1.165, 1.54) is 4.90 Å². The zero-order valence-corrected chi connectivity index (χ0v) is 19.0. The lowest BCUT2D eigenvalue weighted by atomic mass is 10.1. The molecule has 0 spiro atoms. The van der Waals surface area contributed by atoms with Crippen LogP contribution in [0.25, 0.3) is 22.2 Å². The summed E-state index contributed by atoms with van der Waals surface area (Å²) in [6, 6.07) is 9.82. The van der Waals surface area contributed by atoms with Crippen molar-refractivity contribution >= 4 is 28.4 Å². The lowest BCUT2D eigenvalue weighted by Crippen LogP contribution is -2.27. The maximum Gasteiger partial charge on any atom is 0.116 e. The number of aromatic nitrogens is 2. The van der Waals surface area contributed by atoms with Crippen LogP contribution in [0.2, 0.25) is 0 Å². The highest BCUT2D eigenvalue weighted by atomic mass is 32.2. The van der Waals surface area contributed by atoms with Crippen molar-refractivity contribution in [2.75, 3.05) is 51.2 Å². The van der Waals surface area contributed by atoms with Crippen LogP contribution < -0.4 is 10.6 Å². The SMILES string of the molecule is CCN(CC)CCn1nc2c3c(c(NCCNCCO)ccc31)Sc1ccc(O)cc1-2. The van der Waals surface area contributed by atoms with Gasteiger partial charge in [0.15, 0.2) is 0 Å². The van der Waals surface area contributed by atoms with Crippen LogP contribution in [0.4, 0.5) is 5.69 Å². The fraction of sp³-hybridized carbons (Fsp3) is 0.435. The van der Waals surface area contributed by atoms with E-state index < -0.39 is 0 Å². The number of hydrogen-bond acceptors (Lipinski definition) is 7. The van der Waals surface area contributed by atoms with E-state index in [0.29, 0.717) is 6.54 Å². The first-order valence-corrected chi connectivity index (χ1v) is 11.8. The minimum atomic E-state index is 0.146. The smallest absolute Gasteiger partial charge is 0.116 e. The number of rotatable bonds is 11. The second kappa shape index (κ2) is 9.91. The zero-order chi connectivity index (χ0) is 21.8. The van der Waals surface area contributed by atoms with Gasteiger partial charge in [-0.3, -0.25) is 4.68 Å². The Morgan fingerprint density at radius 1 is 1.10 bits per heavy atom. The van der Waals surface area contributed by atoms with Gasteiger partial charge in [0.1, 0.15) is 11.4 Å². The van der Waals surface area contributed by atoms with Gasteiger partial charge in [0, 0.05) is 52.6 Å². The number of nitrogens with zero attached hydrogens (tertiary/aromatic N) is 3. The summed E-state index contributed by atoms with van der Waals surface area (Å²) >= 11 is 1.73. The molecule has 4 N–H and O–H groups in total. The van der Waals surface area contributed by atoms with Crippen LogP contribution in [-0.2, 0) is 6.54 Å². The number of anilines is 1. The summed E-state index contributed by atoms with van der Waals surface area (Å²) in [5.41, 5.74) is 4.15. The predicted molar refractivity (Wildman–Crippen MR) is 127 cm³/mol. The number of phenols is 1. The number of aromatic hydroxyl groups is 1. The summed E-state index contributed by atoms with van der Waals surface area (Å²) in [7, 11) is 0. The van der Waals surface area contributed by atoms with Crippen LogP contribution >= 0.6 is 11.8 Å². The number of aliphatic hydroxyl groups excluding tert-OH is 1. The Hall–Kier alpha value is -2.26. The molecule has 166 valence electrons. The van der Waals surface area contributed by atoms with Gasteiger partial charge in [-0.25, -0.2) is 0 Å². The molecule has 8 heteroatoms.